The number of hydrogen-bond donors (Lipinski definition) is 1. The van der Waals surface area contributed by atoms with Crippen molar-refractivity contribution in [2.24, 2.45) is 0 Å². The summed E-state index contributed by atoms with van der Waals surface area (Å²) in [5, 5.41) is 19.6. The summed E-state index contributed by atoms with van der Waals surface area (Å²) in [7, 11) is 0. The van der Waals surface area contributed by atoms with Gasteiger partial charge in [-0.2, -0.15) is 5.26 Å². The van der Waals surface area contributed by atoms with Crippen molar-refractivity contribution in [2.75, 3.05) is 26.3 Å². The molecule has 4 heterocycles. The maximum atomic E-state index is 13.5. The summed E-state index contributed by atoms with van der Waals surface area (Å²) in [6, 6.07) is 18.2. The molecule has 214 valence electrons. The lowest BCUT2D eigenvalue weighted by molar-refractivity contribution is -0.136. The number of carboxylic acid groups (broad SMARTS) is 1. The number of nitriles is 1. The highest BCUT2D eigenvalue weighted by Crippen LogP contribution is 2.41. The monoisotopic (exact) mass is 580 g/mol. The number of hydrogen-bond acceptors (Lipinski definition) is 6. The summed E-state index contributed by atoms with van der Waals surface area (Å²) in [4.78, 5) is 33.3. The van der Waals surface area contributed by atoms with Gasteiger partial charge < -0.3 is 19.3 Å². The minimum absolute atomic E-state index is 0.00453. The summed E-state index contributed by atoms with van der Waals surface area (Å²) in [6.45, 7) is 2.26. The van der Waals surface area contributed by atoms with Crippen molar-refractivity contribution in [2.45, 2.75) is 44.6 Å². The maximum absolute atomic E-state index is 13.5. The third kappa shape index (κ3) is 5.87. The molecule has 42 heavy (non-hydrogen) atoms. The first-order valence-corrected chi connectivity index (χ1v) is 15.2. The lowest BCUT2D eigenvalue weighted by Crippen LogP contribution is -2.42. The van der Waals surface area contributed by atoms with Gasteiger partial charge in [-0.1, -0.05) is 31.4 Å². The Labute approximate surface area is 248 Å². The molecule has 0 radical (unpaired) electrons. The number of aliphatic carboxylic acids is 1. The van der Waals surface area contributed by atoms with E-state index >= 15 is 0 Å². The first-order chi connectivity index (χ1) is 20.5. The van der Waals surface area contributed by atoms with Crippen LogP contribution in [0.25, 0.3) is 38.8 Å². The molecule has 8 nitrogen and oxygen atoms in total. The Hall–Kier alpha value is -4.26. The molecule has 6 rings (SSSR count). The fraction of sp³-hybridized carbons (Fsp3) is 0.333. The number of carboxylic acids is 1. The number of amides is 1. The number of benzene rings is 1. The predicted octanol–water partition coefficient (Wildman–Crippen LogP) is 6.31. The van der Waals surface area contributed by atoms with Crippen LogP contribution >= 0.6 is 11.3 Å². The average molecular weight is 581 g/mol. The van der Waals surface area contributed by atoms with Gasteiger partial charge in [0.15, 0.2) is 0 Å². The molecule has 3 aromatic heterocycles. The second-order valence-corrected chi connectivity index (χ2v) is 11.9. The number of rotatable bonds is 7. The quantitative estimate of drug-likeness (QED) is 0.257. The number of carbonyl (C=O) groups excluding carboxylic acids is 1. The lowest BCUT2D eigenvalue weighted by Gasteiger charge is -2.28. The third-order valence-electron chi connectivity index (χ3n) is 8.19. The van der Waals surface area contributed by atoms with Crippen molar-refractivity contribution < 1.29 is 19.4 Å². The molecular formula is C33H32N4O4S. The van der Waals surface area contributed by atoms with Gasteiger partial charge in [-0.05, 0) is 72.4 Å². The number of pyridine rings is 1. The number of ether oxygens (including phenoxy) is 1. The standard InChI is InChI=1S/C33H32N4O4S/c34-20-26-9-12-30(42-26)29-11-6-23-18-24(7-10-28(23)35-29)33-27(22-4-2-1-3-5-22)19-25(8-13-32(39)40)37(33)21-31(38)36-14-16-41-17-15-36/h6-13,18-19,22H,1-5,14-17,21H2,(H,39,40). The first-order valence-electron chi connectivity index (χ1n) is 14.4. The molecule has 0 spiro atoms. The van der Waals surface area contributed by atoms with E-state index in [9.17, 15) is 20.0 Å². The molecule has 1 amide bonds. The van der Waals surface area contributed by atoms with Crippen LogP contribution in [0.4, 0.5) is 0 Å². The molecule has 0 unspecified atom stereocenters. The van der Waals surface area contributed by atoms with E-state index in [1.807, 2.05) is 39.8 Å². The SMILES string of the molecule is N#Cc1ccc(-c2ccc3cc(-c4c(C5CCCCC5)cc(C=CC(=O)O)n4CC(=O)N4CCOCC4)ccc3n2)s1. The number of aromatic nitrogens is 2. The first kappa shape index (κ1) is 27.9. The van der Waals surface area contributed by atoms with Crippen LogP contribution < -0.4 is 0 Å². The Kier molecular flexibility index (Phi) is 8.17. The molecule has 1 saturated heterocycles. The van der Waals surface area contributed by atoms with Crippen LogP contribution in [0.5, 0.6) is 0 Å². The molecule has 9 heteroatoms. The van der Waals surface area contributed by atoms with Crippen LogP contribution in [0.3, 0.4) is 0 Å². The summed E-state index contributed by atoms with van der Waals surface area (Å²) in [6.07, 6.45) is 8.43. The summed E-state index contributed by atoms with van der Waals surface area (Å²) in [5.41, 5.74) is 5.50. The van der Waals surface area contributed by atoms with Gasteiger partial charge in [-0.25, -0.2) is 9.78 Å². The molecule has 1 aliphatic heterocycles. The van der Waals surface area contributed by atoms with E-state index in [4.69, 9.17) is 9.72 Å². The highest BCUT2D eigenvalue weighted by atomic mass is 32.1. The van der Waals surface area contributed by atoms with Crippen LogP contribution in [-0.4, -0.2) is 57.7 Å². The predicted molar refractivity (Wildman–Crippen MR) is 163 cm³/mol. The van der Waals surface area contributed by atoms with Crippen molar-refractivity contribution in [1.29, 1.82) is 5.26 Å². The van der Waals surface area contributed by atoms with E-state index in [1.54, 1.807) is 6.08 Å². The van der Waals surface area contributed by atoms with Gasteiger partial charge in [-0.15, -0.1) is 11.3 Å². The third-order valence-corrected chi connectivity index (χ3v) is 9.20. The molecular weight excluding hydrogens is 548 g/mol. The zero-order valence-electron chi connectivity index (χ0n) is 23.3. The van der Waals surface area contributed by atoms with Crippen LogP contribution in [0.1, 0.15) is 54.2 Å². The van der Waals surface area contributed by atoms with Crippen molar-refractivity contribution in [3.05, 3.63) is 70.7 Å². The summed E-state index contributed by atoms with van der Waals surface area (Å²) >= 11 is 1.42. The van der Waals surface area contributed by atoms with Gasteiger partial charge in [0.2, 0.25) is 5.91 Å². The second kappa shape index (κ2) is 12.3. The molecule has 0 bridgehead atoms. The van der Waals surface area contributed by atoms with Crippen molar-refractivity contribution in [3.8, 4) is 27.9 Å². The van der Waals surface area contributed by atoms with Gasteiger partial charge in [0.1, 0.15) is 17.5 Å². The number of fused-ring (bicyclic) bond motifs is 1. The van der Waals surface area contributed by atoms with Crippen LogP contribution in [0.15, 0.2) is 54.6 Å². The molecule has 1 N–H and O–H groups in total. The Balaban J connectivity index is 1.45. The Morgan fingerprint density at radius 3 is 2.62 bits per heavy atom. The lowest BCUT2D eigenvalue weighted by atomic mass is 9.83. The Bertz CT molecular complexity index is 1700. The van der Waals surface area contributed by atoms with Gasteiger partial charge in [0.25, 0.3) is 0 Å². The number of nitrogens with zero attached hydrogens (tertiary/aromatic N) is 4. The second-order valence-electron chi connectivity index (χ2n) is 10.8. The van der Waals surface area contributed by atoms with E-state index in [0.717, 1.165) is 64.5 Å². The van der Waals surface area contributed by atoms with E-state index < -0.39 is 5.97 Å². The van der Waals surface area contributed by atoms with E-state index in [2.05, 4.69) is 24.3 Å². The van der Waals surface area contributed by atoms with Gasteiger partial charge in [-0.3, -0.25) is 4.79 Å². The maximum Gasteiger partial charge on any atom is 0.328 e. The van der Waals surface area contributed by atoms with E-state index in [-0.39, 0.29) is 12.5 Å². The molecule has 1 aliphatic carbocycles. The largest absolute Gasteiger partial charge is 0.478 e. The zero-order chi connectivity index (χ0) is 29.1. The Morgan fingerprint density at radius 2 is 1.88 bits per heavy atom. The number of carbonyl (C=O) groups is 2. The van der Waals surface area contributed by atoms with E-state index in [1.165, 1.54) is 23.3 Å². The minimum Gasteiger partial charge on any atom is -0.478 e. The average Bonchev–Trinajstić information content (AvgIpc) is 3.65. The van der Waals surface area contributed by atoms with Crippen LogP contribution in [-0.2, 0) is 20.9 Å². The van der Waals surface area contributed by atoms with Crippen molar-refractivity contribution in [3.63, 3.8) is 0 Å². The number of morpholine rings is 1. The van der Waals surface area contributed by atoms with Gasteiger partial charge in [0.05, 0.1) is 35.0 Å². The Morgan fingerprint density at radius 1 is 1.07 bits per heavy atom. The van der Waals surface area contributed by atoms with Gasteiger partial charge in [0, 0.05) is 30.2 Å². The molecule has 1 saturated carbocycles. The molecule has 2 aliphatic rings. The van der Waals surface area contributed by atoms with E-state index in [0.29, 0.717) is 42.8 Å². The van der Waals surface area contributed by atoms with Crippen molar-refractivity contribution in [1.82, 2.24) is 14.5 Å². The fourth-order valence-corrected chi connectivity index (χ4v) is 6.87. The smallest absolute Gasteiger partial charge is 0.328 e. The minimum atomic E-state index is -1.02. The molecule has 4 aromatic rings. The number of thiophene rings is 1. The van der Waals surface area contributed by atoms with Crippen molar-refractivity contribution >= 4 is 40.2 Å². The molecule has 2 fully saturated rings. The normalized spacial score (nSPS) is 16.2. The topological polar surface area (TPSA) is 108 Å². The summed E-state index contributed by atoms with van der Waals surface area (Å²) < 4.78 is 7.45. The highest BCUT2D eigenvalue weighted by molar-refractivity contribution is 7.15. The van der Waals surface area contributed by atoms with Crippen LogP contribution in [0, 0.1) is 11.3 Å². The summed E-state index contributed by atoms with van der Waals surface area (Å²) in [5.74, 6) is -0.687. The van der Waals surface area contributed by atoms with Crippen LogP contribution in [0.2, 0.25) is 0 Å². The zero-order valence-corrected chi connectivity index (χ0v) is 24.1. The highest BCUT2D eigenvalue weighted by Gasteiger charge is 2.27. The fourth-order valence-electron chi connectivity index (χ4n) is 6.10. The van der Waals surface area contributed by atoms with Gasteiger partial charge >= 0.3 is 5.97 Å². The molecule has 1 aromatic carbocycles. The molecule has 0 atom stereocenters.